The smallest absolute Gasteiger partial charge is 0.470 e. The Morgan fingerprint density at radius 1 is 0.552 bits per heavy atom. The summed E-state index contributed by atoms with van der Waals surface area (Å²) in [5, 5.41) is 27.9. The van der Waals surface area contributed by atoms with Crippen LogP contribution < -0.4 is 23.6 Å². The van der Waals surface area contributed by atoms with Crippen LogP contribution in [0.2, 0.25) is 0 Å². The van der Waals surface area contributed by atoms with Gasteiger partial charge in [-0.1, -0.05) is 69.2 Å². The molecule has 0 bridgehead atoms. The fourth-order valence-corrected chi connectivity index (χ4v) is 7.47. The molecule has 96 heavy (non-hydrogen) atoms. The van der Waals surface area contributed by atoms with Gasteiger partial charge in [-0.25, -0.2) is 75.6 Å². The van der Waals surface area contributed by atoms with Crippen LogP contribution in [0.4, 0.5) is 35.1 Å². The number of aliphatic hydroxyl groups is 1. The molecule has 39 heteroatoms. The lowest BCUT2D eigenvalue weighted by Crippen LogP contribution is -2.56. The Morgan fingerprint density at radius 3 is 1.02 bits per heavy atom. The summed E-state index contributed by atoms with van der Waals surface area (Å²) < 4.78 is 221. The standard InChI is InChI=1S/C8H12O4.C7H13F4NO2S.C7H16FNO2S.C7H17NO2S.2C6H13NO2.C6H12O.C5H10F3NO2S.C5H13NO2S/c1-8(2,3)7-11-5(9)4-6(10)12-7;1-5(2,3)15(13,14)12-7(10,11)6(4,8)9;1-6(8)5-9-12(10,11)7(2,3)4;1-5-6-8-11(9,10)7(2,3)4;1-6(2,3)5(8)7(4)9;1-5(8)7(9)6(2,3)4;1-5(7)6(2,3)4;1-4(2,3)12(10,11)9-5(6,7)8;1-5(2,3)9(7,8)6-4/h4,7,9H,1-3H3;12H,1-4H3;6,9H,5H2,1-4H3;8H,5-6H2,1-4H3;2*9H,1-4H3;1-4H3;9H,1-3H3;6H,1-4H3. The summed E-state index contributed by atoms with van der Waals surface area (Å²) in [6.07, 6.45) is -5.03. The maximum absolute atomic E-state index is 12.7. The lowest BCUT2D eigenvalue weighted by molar-refractivity contribution is -0.207. The van der Waals surface area contributed by atoms with E-state index < -0.39 is 122 Å². The van der Waals surface area contributed by atoms with Crippen LogP contribution in [0.5, 0.6) is 0 Å². The number of halogens is 8. The van der Waals surface area contributed by atoms with Crippen molar-refractivity contribution in [3.63, 3.8) is 0 Å². The van der Waals surface area contributed by atoms with Crippen molar-refractivity contribution in [1.29, 1.82) is 0 Å². The predicted molar refractivity (Wildman–Crippen MR) is 357 cm³/mol. The fraction of sp³-hybridized carbons (Fsp3) is 0.895. The first-order valence-corrected chi connectivity index (χ1v) is 36.6. The molecule has 1 aliphatic rings. The molecule has 1 aliphatic heterocycles. The van der Waals surface area contributed by atoms with Crippen molar-refractivity contribution in [2.45, 2.75) is 288 Å². The van der Waals surface area contributed by atoms with Crippen molar-refractivity contribution in [3.8, 4) is 0 Å². The number of ether oxygens (including phenoxy) is 2. The zero-order valence-electron chi connectivity index (χ0n) is 62.7. The highest BCUT2D eigenvalue weighted by Crippen LogP contribution is 2.33. The molecule has 1 rings (SSSR count). The van der Waals surface area contributed by atoms with E-state index in [1.165, 1.54) is 48.7 Å². The van der Waals surface area contributed by atoms with E-state index in [2.05, 4.69) is 14.2 Å². The number of carbonyl (C=O) groups excluding carboxylic acids is 4. The van der Waals surface area contributed by atoms with Crippen molar-refractivity contribution >= 4 is 73.7 Å². The van der Waals surface area contributed by atoms with Crippen LogP contribution in [0.25, 0.3) is 0 Å². The Balaban J connectivity index is -0.000000152. The van der Waals surface area contributed by atoms with Crippen LogP contribution in [-0.4, -0.2) is 178 Å². The molecule has 0 aromatic rings. The van der Waals surface area contributed by atoms with Crippen LogP contribution in [0.3, 0.4) is 0 Å². The average Bonchev–Trinajstić information content (AvgIpc) is 3.29. The highest BCUT2D eigenvalue weighted by Gasteiger charge is 2.56. The molecule has 26 nitrogen and oxygen atoms in total. The number of amides is 2. The average molecular weight is 1520 g/mol. The summed E-state index contributed by atoms with van der Waals surface area (Å²) in [7, 11) is -15.7. The van der Waals surface area contributed by atoms with Crippen molar-refractivity contribution in [2.75, 3.05) is 27.2 Å². The molecule has 0 aromatic carbocycles. The van der Waals surface area contributed by atoms with E-state index in [1.54, 1.807) is 111 Å². The number of nitrogens with zero attached hydrogens (tertiary/aromatic N) is 2. The molecule has 0 radical (unpaired) electrons. The minimum Gasteiger partial charge on any atom is -0.481 e. The molecule has 8 N–H and O–H groups in total. The number of carbonyl (C=O) groups is 4. The summed E-state index contributed by atoms with van der Waals surface area (Å²) in [6, 6.07) is -4.79. The van der Waals surface area contributed by atoms with Gasteiger partial charge in [0.1, 0.15) is 18.0 Å². The van der Waals surface area contributed by atoms with Gasteiger partial charge in [0.05, 0.1) is 29.3 Å². The van der Waals surface area contributed by atoms with Crippen molar-refractivity contribution in [3.05, 3.63) is 12.0 Å². The van der Waals surface area contributed by atoms with Gasteiger partial charge in [-0.05, 0) is 152 Å². The number of hydrogen-bond acceptors (Lipinski definition) is 19. The van der Waals surface area contributed by atoms with E-state index in [-0.39, 0.29) is 47.8 Å². The second kappa shape index (κ2) is 40.1. The molecule has 0 aliphatic carbocycles. The number of hydrogen-bond donors (Lipinski definition) is 8. The number of sulfonamides is 5. The summed E-state index contributed by atoms with van der Waals surface area (Å²) in [5.74, 6) is -5.77. The molecule has 2 unspecified atom stereocenters. The second-order valence-electron chi connectivity index (χ2n) is 30.1. The number of rotatable bonds is 11. The molecule has 0 spiro atoms. The molecule has 0 saturated heterocycles. The maximum atomic E-state index is 12.7. The van der Waals surface area contributed by atoms with Gasteiger partial charge < -0.3 is 14.6 Å². The first-order valence-electron chi connectivity index (χ1n) is 29.2. The number of nitrogens with one attached hydrogen (secondary N) is 5. The van der Waals surface area contributed by atoms with E-state index in [4.69, 9.17) is 25.0 Å². The van der Waals surface area contributed by atoms with Crippen LogP contribution >= 0.6 is 0 Å². The first kappa shape index (κ1) is 108. The molecule has 0 aromatic heterocycles. The Labute approximate surface area is 569 Å². The topological polar surface area (TPSA) is 385 Å². The minimum absolute atomic E-state index is 0.0574. The molecule has 582 valence electrons. The Hall–Kier alpha value is -3.67. The summed E-state index contributed by atoms with van der Waals surface area (Å²) in [4.78, 5) is 42.6. The van der Waals surface area contributed by atoms with Crippen LogP contribution in [0, 0.1) is 16.2 Å². The van der Waals surface area contributed by atoms with Gasteiger partial charge in [0.25, 0.3) is 18.1 Å². The zero-order valence-corrected chi connectivity index (χ0v) is 66.8. The van der Waals surface area contributed by atoms with E-state index in [9.17, 15) is 96.4 Å². The Morgan fingerprint density at radius 2 is 0.865 bits per heavy atom. The quantitative estimate of drug-likeness (QED) is 0.0313. The SMILES string of the molecule is CC(=O)C(C)(C)C.CC(=O)N(O)C(C)(C)C.CC(C)(C)C1OC(=O)C=C(O)O1.CC(C)(C)S(=O)(=O)NC(F)(F)F.CC(F)(F)C(F)(F)NS(=O)(=O)C(C)(C)C.CC(F)CNS(=O)(=O)C(C)(C)C.CCCNS(=O)(=O)C(C)(C)C.CN(O)C(=O)C(C)(C)C.CNS(=O)(=O)C(C)(C)C. The molecule has 0 saturated carbocycles. The third kappa shape index (κ3) is 49.8. The Kier molecular flexibility index (Phi) is 45.2. The van der Waals surface area contributed by atoms with E-state index in [1.807, 2.05) is 48.5 Å². The zero-order chi connectivity index (χ0) is 80.5. The van der Waals surface area contributed by atoms with Gasteiger partial charge in [-0.2, -0.15) is 30.7 Å². The number of hydroxylamine groups is 4. The third-order valence-electron chi connectivity index (χ3n) is 10.8. The minimum atomic E-state index is -4.90. The number of ketones is 1. The van der Waals surface area contributed by atoms with Crippen molar-refractivity contribution in [2.24, 2.45) is 16.2 Å². The van der Waals surface area contributed by atoms with E-state index >= 15 is 0 Å². The van der Waals surface area contributed by atoms with E-state index in [0.29, 0.717) is 26.1 Å². The highest BCUT2D eigenvalue weighted by molar-refractivity contribution is 7.92. The predicted octanol–water partition coefficient (Wildman–Crippen LogP) is 10.5. The molecule has 2 amide bonds. The fourth-order valence-electron chi connectivity index (χ4n) is 3.64. The van der Waals surface area contributed by atoms with Crippen LogP contribution in [0.15, 0.2) is 12.0 Å². The van der Waals surface area contributed by atoms with Gasteiger partial charge in [-0.15, -0.1) is 9.44 Å². The number of aliphatic hydroxyl groups excluding tert-OH is 1. The number of cyclic esters (lactones) is 1. The second-order valence-corrected chi connectivity index (χ2v) is 42.6. The van der Waals surface area contributed by atoms with Gasteiger partial charge >= 0.3 is 24.2 Å². The Bertz CT molecular complexity index is 2970. The number of alkyl halides is 8. The summed E-state index contributed by atoms with van der Waals surface area (Å²) in [6.45, 7) is 50.0. The summed E-state index contributed by atoms with van der Waals surface area (Å²) >= 11 is 0. The van der Waals surface area contributed by atoms with Crippen molar-refractivity contribution in [1.82, 2.24) is 33.7 Å². The first-order chi connectivity index (χ1) is 41.0. The molecular formula is C57H119F8N7O19S5. The monoisotopic (exact) mass is 1520 g/mol. The van der Waals surface area contributed by atoms with Gasteiger partial charge in [-0.3, -0.25) is 24.8 Å². The highest BCUT2D eigenvalue weighted by atomic mass is 32.2. The van der Waals surface area contributed by atoms with Crippen LogP contribution in [-0.2, 0) is 78.8 Å². The maximum Gasteiger partial charge on any atom is 0.470 e. The normalized spacial score (nSPS) is 15.1. The lowest BCUT2D eigenvalue weighted by Gasteiger charge is -2.31. The third-order valence-corrected chi connectivity index (χ3v) is 21.5. The lowest BCUT2D eigenvalue weighted by atomic mass is 9.92. The van der Waals surface area contributed by atoms with Gasteiger partial charge in [0, 0.05) is 50.2 Å². The van der Waals surface area contributed by atoms with Crippen molar-refractivity contribution < 1.29 is 121 Å². The van der Waals surface area contributed by atoms with E-state index in [0.717, 1.165) is 33.3 Å². The summed E-state index contributed by atoms with van der Waals surface area (Å²) in [5.41, 5.74) is -1.44. The molecule has 1 heterocycles. The van der Waals surface area contributed by atoms with Crippen LogP contribution in [0.1, 0.15) is 228 Å². The number of esters is 1. The van der Waals surface area contributed by atoms with Gasteiger partial charge in [0.2, 0.25) is 56.0 Å². The molecule has 2 atom stereocenters. The number of Topliss-reactive ketones (excluding diaryl/α,β-unsaturated/α-hetero) is 1. The largest absolute Gasteiger partial charge is 0.481 e. The van der Waals surface area contributed by atoms with Gasteiger partial charge in [0.15, 0.2) is 0 Å². The molecule has 0 fully saturated rings. The molecular weight excluding hydrogens is 1400 g/mol.